The molecule has 3 rings (SSSR count). The third kappa shape index (κ3) is 1.95. The summed E-state index contributed by atoms with van der Waals surface area (Å²) in [4.78, 5) is 11.3. The zero-order valence-corrected chi connectivity index (χ0v) is 10.5. The molecule has 4 N–H and O–H groups in total. The molecule has 1 amide bonds. The molecule has 0 saturated carbocycles. The minimum atomic E-state index is -1.51. The quantitative estimate of drug-likeness (QED) is 0.416. The lowest BCUT2D eigenvalue weighted by atomic mass is 9.99. The van der Waals surface area contributed by atoms with Gasteiger partial charge in [-0.05, 0) is 13.8 Å². The smallest absolute Gasteiger partial charge is 0.252 e. The molecule has 108 valence electrons. The highest BCUT2D eigenvalue weighted by Gasteiger charge is 2.59. The number of carbonyl (C=O) groups excluding carboxylic acids is 1. The van der Waals surface area contributed by atoms with Gasteiger partial charge in [-0.1, -0.05) is 0 Å². The number of fused-ring (bicyclic) bond motifs is 1. The van der Waals surface area contributed by atoms with Crippen molar-refractivity contribution in [2.45, 2.75) is 62.5 Å². The fourth-order valence-electron chi connectivity index (χ4n) is 2.78. The van der Waals surface area contributed by atoms with E-state index in [2.05, 4.69) is 5.32 Å². The van der Waals surface area contributed by atoms with E-state index in [4.69, 9.17) is 14.2 Å². The van der Waals surface area contributed by atoms with Crippen LogP contribution in [-0.2, 0) is 19.0 Å². The molecule has 0 aromatic carbocycles. The zero-order valence-electron chi connectivity index (χ0n) is 10.5. The molecule has 0 radical (unpaired) electrons. The minimum Gasteiger partial charge on any atom is -0.388 e. The fraction of sp³-hybridized carbons (Fsp3) is 0.909. The highest BCUT2D eigenvalue weighted by Crippen LogP contribution is 2.39. The summed E-state index contributed by atoms with van der Waals surface area (Å²) in [6.07, 6.45) is -6.23. The Labute approximate surface area is 109 Å². The lowest BCUT2D eigenvalue weighted by Crippen LogP contribution is -2.50. The van der Waals surface area contributed by atoms with Crippen LogP contribution in [0.5, 0.6) is 0 Å². The van der Waals surface area contributed by atoms with Crippen LogP contribution in [-0.4, -0.2) is 69.9 Å². The Morgan fingerprint density at radius 1 is 1.11 bits per heavy atom. The maximum Gasteiger partial charge on any atom is 0.252 e. The van der Waals surface area contributed by atoms with Gasteiger partial charge in [-0.15, -0.1) is 0 Å². The average molecular weight is 275 g/mol. The van der Waals surface area contributed by atoms with Crippen LogP contribution in [0.4, 0.5) is 0 Å². The summed E-state index contributed by atoms with van der Waals surface area (Å²) in [5, 5.41) is 31.7. The summed E-state index contributed by atoms with van der Waals surface area (Å²) in [6.45, 7) is 3.40. The molecule has 3 aliphatic heterocycles. The van der Waals surface area contributed by atoms with E-state index < -0.39 is 54.5 Å². The van der Waals surface area contributed by atoms with Crippen LogP contribution in [0.15, 0.2) is 0 Å². The first-order valence-corrected chi connectivity index (χ1v) is 6.16. The number of nitrogens with one attached hydrogen (secondary N) is 1. The van der Waals surface area contributed by atoms with E-state index in [0.29, 0.717) is 0 Å². The van der Waals surface area contributed by atoms with Crippen LogP contribution in [0, 0.1) is 0 Å². The van der Waals surface area contributed by atoms with Gasteiger partial charge in [0.1, 0.15) is 24.4 Å². The largest absolute Gasteiger partial charge is 0.388 e. The first kappa shape index (κ1) is 13.2. The Kier molecular flexibility index (Phi) is 2.86. The second-order valence-corrected chi connectivity index (χ2v) is 5.53. The van der Waals surface area contributed by atoms with Gasteiger partial charge in [0.2, 0.25) is 0 Å². The van der Waals surface area contributed by atoms with E-state index in [1.54, 1.807) is 13.8 Å². The van der Waals surface area contributed by atoms with Gasteiger partial charge >= 0.3 is 0 Å². The van der Waals surface area contributed by atoms with Crippen molar-refractivity contribution in [1.82, 2.24) is 5.32 Å². The molecule has 3 saturated heterocycles. The molecule has 3 aliphatic rings. The first-order chi connectivity index (χ1) is 8.80. The van der Waals surface area contributed by atoms with Gasteiger partial charge in [-0.3, -0.25) is 4.79 Å². The second-order valence-electron chi connectivity index (χ2n) is 5.53. The average Bonchev–Trinajstić information content (AvgIpc) is 2.86. The number of aliphatic hydroxyl groups is 3. The van der Waals surface area contributed by atoms with Gasteiger partial charge in [0.05, 0.1) is 6.04 Å². The minimum absolute atomic E-state index is 0.679. The molecule has 0 unspecified atom stereocenters. The Balaban J connectivity index is 1.74. The number of carbonyl (C=O) groups is 1. The molecule has 3 fully saturated rings. The third-order valence-corrected chi connectivity index (χ3v) is 3.68. The number of aliphatic hydroxyl groups excluding tert-OH is 3. The van der Waals surface area contributed by atoms with Gasteiger partial charge in [-0.2, -0.15) is 0 Å². The number of rotatable bonds is 1. The van der Waals surface area contributed by atoms with Crippen molar-refractivity contribution >= 4 is 5.91 Å². The molecular formula is C11H17NO7. The predicted molar refractivity (Wildman–Crippen MR) is 58.6 cm³/mol. The zero-order chi connectivity index (χ0) is 13.9. The summed E-state index contributed by atoms with van der Waals surface area (Å²) >= 11 is 0. The molecule has 0 bridgehead atoms. The van der Waals surface area contributed by atoms with Crippen LogP contribution < -0.4 is 5.32 Å². The highest BCUT2D eigenvalue weighted by atomic mass is 16.8. The van der Waals surface area contributed by atoms with E-state index in [1.807, 2.05) is 0 Å². The molecule has 19 heavy (non-hydrogen) atoms. The van der Waals surface area contributed by atoms with E-state index in [-0.39, 0.29) is 0 Å². The lowest BCUT2D eigenvalue weighted by molar-refractivity contribution is -0.220. The highest BCUT2D eigenvalue weighted by molar-refractivity contribution is 5.84. The van der Waals surface area contributed by atoms with Crippen molar-refractivity contribution in [3.8, 4) is 0 Å². The van der Waals surface area contributed by atoms with Gasteiger partial charge < -0.3 is 34.8 Å². The number of hydrogen-bond donors (Lipinski definition) is 4. The van der Waals surface area contributed by atoms with Crippen LogP contribution in [0.25, 0.3) is 0 Å². The van der Waals surface area contributed by atoms with Crippen LogP contribution in [0.2, 0.25) is 0 Å². The summed E-state index contributed by atoms with van der Waals surface area (Å²) in [7, 11) is 0. The van der Waals surface area contributed by atoms with Crippen LogP contribution in [0.1, 0.15) is 13.8 Å². The molecule has 0 aromatic heterocycles. The van der Waals surface area contributed by atoms with Crippen molar-refractivity contribution in [2.75, 3.05) is 0 Å². The Bertz CT molecular complexity index is 401. The Morgan fingerprint density at radius 3 is 2.32 bits per heavy atom. The normalized spacial score (nSPS) is 52.3. The van der Waals surface area contributed by atoms with Gasteiger partial charge in [-0.25, -0.2) is 0 Å². The van der Waals surface area contributed by atoms with Crippen molar-refractivity contribution < 1.29 is 34.3 Å². The molecule has 7 atom stereocenters. The van der Waals surface area contributed by atoms with Crippen LogP contribution in [0.3, 0.4) is 0 Å². The molecule has 8 heteroatoms. The SMILES string of the molecule is CC1(C)O[C@H]2O[C@H]([C@H]3NC(=O)[C@@H](O)[C@@H]3O)[C@H](O)[C@H]2O1. The van der Waals surface area contributed by atoms with Gasteiger partial charge in [0.15, 0.2) is 18.2 Å². The van der Waals surface area contributed by atoms with E-state index in [9.17, 15) is 20.1 Å². The third-order valence-electron chi connectivity index (χ3n) is 3.68. The predicted octanol–water partition coefficient (Wildman–Crippen LogP) is -2.56. The van der Waals surface area contributed by atoms with E-state index in [1.165, 1.54) is 0 Å². The monoisotopic (exact) mass is 275 g/mol. The summed E-state index contributed by atoms with van der Waals surface area (Å²) in [5.74, 6) is -1.54. The molecule has 0 aliphatic carbocycles. The van der Waals surface area contributed by atoms with Crippen molar-refractivity contribution in [2.24, 2.45) is 0 Å². The van der Waals surface area contributed by atoms with Crippen LogP contribution >= 0.6 is 0 Å². The summed E-state index contributed by atoms with van der Waals surface area (Å²) in [5.41, 5.74) is 0. The second kappa shape index (κ2) is 4.11. The van der Waals surface area contributed by atoms with E-state index in [0.717, 1.165) is 0 Å². The molecule has 3 heterocycles. The maximum absolute atomic E-state index is 11.3. The van der Waals surface area contributed by atoms with E-state index >= 15 is 0 Å². The van der Waals surface area contributed by atoms with Gasteiger partial charge in [0, 0.05) is 0 Å². The van der Waals surface area contributed by atoms with Crippen molar-refractivity contribution in [1.29, 1.82) is 0 Å². The molecular weight excluding hydrogens is 258 g/mol. The molecule has 0 aromatic rings. The lowest BCUT2D eigenvalue weighted by Gasteiger charge is -2.27. The molecule has 8 nitrogen and oxygen atoms in total. The number of amides is 1. The Hall–Kier alpha value is -0.770. The topological polar surface area (TPSA) is 117 Å². The number of ether oxygens (including phenoxy) is 3. The Morgan fingerprint density at radius 2 is 1.79 bits per heavy atom. The fourth-order valence-corrected chi connectivity index (χ4v) is 2.78. The number of hydrogen-bond acceptors (Lipinski definition) is 7. The first-order valence-electron chi connectivity index (χ1n) is 6.16. The standard InChI is InChI=1S/C11H17NO7/c1-11(2)18-8-6(15)7(17-10(8)19-11)3-4(13)5(14)9(16)12-3/h3-8,10,13-15H,1-2H3,(H,12,16)/t3-,4+,5-,6-,7+,8+,10+/m0/s1. The maximum atomic E-state index is 11.3. The molecule has 0 spiro atoms. The van der Waals surface area contributed by atoms with Crippen molar-refractivity contribution in [3.63, 3.8) is 0 Å². The van der Waals surface area contributed by atoms with Crippen molar-refractivity contribution in [3.05, 3.63) is 0 Å². The van der Waals surface area contributed by atoms with Gasteiger partial charge in [0.25, 0.3) is 5.91 Å². The summed E-state index contributed by atoms with van der Waals surface area (Å²) in [6, 6.07) is -0.890. The summed E-state index contributed by atoms with van der Waals surface area (Å²) < 4.78 is 16.5.